The summed E-state index contributed by atoms with van der Waals surface area (Å²) in [4.78, 5) is 43.6. The van der Waals surface area contributed by atoms with Crippen molar-refractivity contribution in [3.63, 3.8) is 0 Å². The summed E-state index contributed by atoms with van der Waals surface area (Å²) in [6.45, 7) is 2.12. The number of sulfonamides is 1. The fraction of sp³-hybridized carbons (Fsp3) is 0.167. The summed E-state index contributed by atoms with van der Waals surface area (Å²) >= 11 is 0. The molecule has 0 atom stereocenters. The summed E-state index contributed by atoms with van der Waals surface area (Å²) in [6, 6.07) is 16.8. The summed E-state index contributed by atoms with van der Waals surface area (Å²) in [5.41, 5.74) is 2.06. The molecule has 1 fully saturated rings. The van der Waals surface area contributed by atoms with E-state index in [1.807, 2.05) is 0 Å². The van der Waals surface area contributed by atoms with Crippen molar-refractivity contribution in [2.75, 3.05) is 35.8 Å². The number of aromatic amines is 2. The molecular formula is C24H22N6O6S. The van der Waals surface area contributed by atoms with Crippen LogP contribution in [0.5, 0.6) is 0 Å². The van der Waals surface area contributed by atoms with Crippen molar-refractivity contribution in [1.82, 2.24) is 14.9 Å². The van der Waals surface area contributed by atoms with Gasteiger partial charge in [-0.25, -0.2) is 13.2 Å². The summed E-state index contributed by atoms with van der Waals surface area (Å²) in [5, 5.41) is 10.8. The second-order valence-electron chi connectivity index (χ2n) is 8.52. The molecule has 3 aromatic carbocycles. The van der Waals surface area contributed by atoms with Crippen molar-refractivity contribution in [2.45, 2.75) is 4.90 Å². The van der Waals surface area contributed by atoms with E-state index in [1.54, 1.807) is 29.2 Å². The Balaban J connectivity index is 1.21. The molecule has 1 amide bonds. The van der Waals surface area contributed by atoms with Gasteiger partial charge in [0.25, 0.3) is 21.6 Å². The Morgan fingerprint density at radius 1 is 0.892 bits per heavy atom. The van der Waals surface area contributed by atoms with Gasteiger partial charge in [0.1, 0.15) is 0 Å². The summed E-state index contributed by atoms with van der Waals surface area (Å²) in [6.07, 6.45) is 0. The molecule has 0 saturated carbocycles. The molecule has 2 heterocycles. The standard InChI is InChI=1S/C24H22N6O6S/c31-23(29-13-11-28(12-14-29)18-5-7-19(8-6-18)30(33)34)16-1-3-17(4-2-16)27-37(35,36)20-9-10-21-22(15-20)26-24(32)25-21/h1-10,15,27H,11-14H2,(H2,25,26,32). The van der Waals surface area contributed by atoms with Crippen molar-refractivity contribution in [2.24, 2.45) is 0 Å². The van der Waals surface area contributed by atoms with Crippen LogP contribution in [0.2, 0.25) is 0 Å². The van der Waals surface area contributed by atoms with Crippen LogP contribution in [-0.2, 0) is 10.0 Å². The molecule has 0 unspecified atom stereocenters. The predicted octanol–water partition coefficient (Wildman–Crippen LogP) is 2.53. The number of hydrogen-bond donors (Lipinski definition) is 3. The second kappa shape index (κ2) is 9.43. The third-order valence-electron chi connectivity index (χ3n) is 6.17. The van der Waals surface area contributed by atoms with Crippen LogP contribution in [0.15, 0.2) is 76.4 Å². The number of nitrogens with one attached hydrogen (secondary N) is 3. The number of carbonyl (C=O) groups excluding carboxylic acids is 1. The molecular weight excluding hydrogens is 500 g/mol. The fourth-order valence-corrected chi connectivity index (χ4v) is 5.29. The van der Waals surface area contributed by atoms with E-state index in [9.17, 15) is 28.1 Å². The van der Waals surface area contributed by atoms with Crippen LogP contribution in [0.25, 0.3) is 11.0 Å². The first-order valence-electron chi connectivity index (χ1n) is 11.3. The van der Waals surface area contributed by atoms with E-state index >= 15 is 0 Å². The average molecular weight is 523 g/mol. The smallest absolute Gasteiger partial charge is 0.323 e. The molecule has 13 heteroatoms. The number of nitro benzene ring substituents is 1. The number of piperazine rings is 1. The van der Waals surface area contributed by atoms with E-state index in [4.69, 9.17) is 0 Å². The number of nitrogens with zero attached hydrogens (tertiary/aromatic N) is 3. The lowest BCUT2D eigenvalue weighted by molar-refractivity contribution is -0.384. The molecule has 3 N–H and O–H groups in total. The number of aromatic nitrogens is 2. The maximum atomic E-state index is 13.0. The van der Waals surface area contributed by atoms with Gasteiger partial charge in [0.15, 0.2) is 0 Å². The third kappa shape index (κ3) is 5.02. The highest BCUT2D eigenvalue weighted by molar-refractivity contribution is 7.92. The lowest BCUT2D eigenvalue weighted by Crippen LogP contribution is -2.48. The Bertz CT molecular complexity index is 1640. The number of amides is 1. The zero-order valence-electron chi connectivity index (χ0n) is 19.4. The van der Waals surface area contributed by atoms with Crippen LogP contribution in [0.3, 0.4) is 0 Å². The minimum atomic E-state index is -3.91. The maximum absolute atomic E-state index is 13.0. The average Bonchev–Trinajstić information content (AvgIpc) is 3.28. The monoisotopic (exact) mass is 522 g/mol. The summed E-state index contributed by atoms with van der Waals surface area (Å²) in [7, 11) is -3.91. The van der Waals surface area contributed by atoms with Crippen LogP contribution in [0.1, 0.15) is 10.4 Å². The molecule has 0 bridgehead atoms. The number of hydrogen-bond acceptors (Lipinski definition) is 7. The van der Waals surface area contributed by atoms with Crippen LogP contribution in [-0.4, -0.2) is 60.3 Å². The SMILES string of the molecule is O=C(c1ccc(NS(=O)(=O)c2ccc3[nH]c(=O)[nH]c3c2)cc1)N1CCN(c2ccc([N+](=O)[O-])cc2)CC1. The van der Waals surface area contributed by atoms with Crippen LogP contribution >= 0.6 is 0 Å². The minimum absolute atomic E-state index is 0.0127. The number of fused-ring (bicyclic) bond motifs is 1. The first kappa shape index (κ1) is 24.1. The van der Waals surface area contributed by atoms with Crippen molar-refractivity contribution >= 4 is 44.0 Å². The number of anilines is 2. The normalized spacial score (nSPS) is 14.1. The van der Waals surface area contributed by atoms with E-state index in [0.717, 1.165) is 5.69 Å². The number of nitro groups is 1. The van der Waals surface area contributed by atoms with Crippen LogP contribution in [0, 0.1) is 10.1 Å². The van der Waals surface area contributed by atoms with E-state index in [1.165, 1.54) is 42.5 Å². The van der Waals surface area contributed by atoms with Crippen molar-refractivity contribution in [1.29, 1.82) is 0 Å². The predicted molar refractivity (Wildman–Crippen MR) is 137 cm³/mol. The first-order chi connectivity index (χ1) is 17.7. The molecule has 1 saturated heterocycles. The number of carbonyl (C=O) groups is 1. The number of imidazole rings is 1. The summed E-state index contributed by atoms with van der Waals surface area (Å²) < 4.78 is 28.1. The molecule has 37 heavy (non-hydrogen) atoms. The van der Waals surface area contributed by atoms with Gasteiger partial charge in [0.2, 0.25) is 0 Å². The molecule has 1 aliphatic heterocycles. The molecule has 5 rings (SSSR count). The molecule has 0 spiro atoms. The van der Waals surface area contributed by atoms with Crippen LogP contribution < -0.4 is 15.3 Å². The Kier molecular flexibility index (Phi) is 6.13. The van der Waals surface area contributed by atoms with Gasteiger partial charge >= 0.3 is 5.69 Å². The molecule has 190 valence electrons. The lowest BCUT2D eigenvalue weighted by Gasteiger charge is -2.36. The number of non-ortho nitro benzene ring substituents is 1. The van der Waals surface area contributed by atoms with Crippen molar-refractivity contribution in [3.05, 3.63) is 92.9 Å². The zero-order valence-corrected chi connectivity index (χ0v) is 20.2. The van der Waals surface area contributed by atoms with Gasteiger partial charge in [-0.05, 0) is 54.6 Å². The molecule has 1 aromatic heterocycles. The number of H-pyrrole nitrogens is 2. The Hall–Kier alpha value is -4.65. The van der Waals surface area contributed by atoms with E-state index in [-0.39, 0.29) is 16.5 Å². The lowest BCUT2D eigenvalue weighted by atomic mass is 10.1. The van der Waals surface area contributed by atoms with Gasteiger partial charge in [0.05, 0.1) is 20.9 Å². The highest BCUT2D eigenvalue weighted by Gasteiger charge is 2.23. The third-order valence-corrected chi connectivity index (χ3v) is 7.55. The van der Waals surface area contributed by atoms with Crippen molar-refractivity contribution in [3.8, 4) is 0 Å². The molecule has 4 aromatic rings. The fourth-order valence-electron chi connectivity index (χ4n) is 4.21. The van der Waals surface area contributed by atoms with Gasteiger partial charge in [-0.15, -0.1) is 0 Å². The quantitative estimate of drug-likeness (QED) is 0.259. The van der Waals surface area contributed by atoms with Gasteiger partial charge in [-0.1, -0.05) is 0 Å². The maximum Gasteiger partial charge on any atom is 0.323 e. The molecule has 1 aliphatic rings. The molecule has 0 aliphatic carbocycles. The molecule has 12 nitrogen and oxygen atoms in total. The Morgan fingerprint density at radius 2 is 1.54 bits per heavy atom. The van der Waals surface area contributed by atoms with Crippen molar-refractivity contribution < 1.29 is 18.1 Å². The van der Waals surface area contributed by atoms with Gasteiger partial charge in [-0.3, -0.25) is 19.6 Å². The van der Waals surface area contributed by atoms with Gasteiger partial charge in [-0.2, -0.15) is 0 Å². The zero-order chi connectivity index (χ0) is 26.2. The first-order valence-corrected chi connectivity index (χ1v) is 12.8. The number of benzene rings is 3. The van der Waals surface area contributed by atoms with E-state index in [0.29, 0.717) is 48.5 Å². The highest BCUT2D eigenvalue weighted by Crippen LogP contribution is 2.22. The van der Waals surface area contributed by atoms with Gasteiger partial charge < -0.3 is 19.8 Å². The Morgan fingerprint density at radius 3 is 2.19 bits per heavy atom. The highest BCUT2D eigenvalue weighted by atomic mass is 32.2. The second-order valence-corrected chi connectivity index (χ2v) is 10.2. The van der Waals surface area contributed by atoms with E-state index in [2.05, 4.69) is 19.6 Å². The molecule has 0 radical (unpaired) electrons. The largest absolute Gasteiger partial charge is 0.368 e. The number of rotatable bonds is 6. The minimum Gasteiger partial charge on any atom is -0.368 e. The topological polar surface area (TPSA) is 162 Å². The summed E-state index contributed by atoms with van der Waals surface area (Å²) in [5.74, 6) is -0.167. The van der Waals surface area contributed by atoms with Gasteiger partial charge in [0, 0.05) is 55.2 Å². The van der Waals surface area contributed by atoms with Crippen LogP contribution in [0.4, 0.5) is 17.1 Å². The van der Waals surface area contributed by atoms with E-state index < -0.39 is 20.6 Å². The Labute approximate surface area is 210 Å².